The van der Waals surface area contributed by atoms with E-state index < -0.39 is 0 Å². The lowest BCUT2D eigenvalue weighted by atomic mass is 10.0. The van der Waals surface area contributed by atoms with Crippen molar-refractivity contribution in [1.82, 2.24) is 9.97 Å². The molecular weight excluding hydrogens is 346 g/mol. The van der Waals surface area contributed by atoms with Crippen LogP contribution in [-0.2, 0) is 17.6 Å². The van der Waals surface area contributed by atoms with Crippen LogP contribution in [-0.4, -0.2) is 22.8 Å². The highest BCUT2D eigenvalue weighted by Gasteiger charge is 2.18. The third-order valence-corrected chi connectivity index (χ3v) is 5.77. The first-order valence-electron chi connectivity index (χ1n) is 10.7. The first kappa shape index (κ1) is 18.9. The van der Waals surface area contributed by atoms with Crippen molar-refractivity contribution in [2.45, 2.75) is 64.2 Å². The minimum Gasteiger partial charge on any atom is -0.494 e. The number of aromatic nitrogens is 2. The van der Waals surface area contributed by atoms with Crippen molar-refractivity contribution < 1.29 is 4.74 Å². The van der Waals surface area contributed by atoms with Gasteiger partial charge in [-0.3, -0.25) is 0 Å². The molecule has 2 bridgehead atoms. The van der Waals surface area contributed by atoms with E-state index in [9.17, 15) is 0 Å². The molecule has 2 aromatic heterocycles. The predicted octanol–water partition coefficient (Wildman–Crippen LogP) is 5.94. The molecule has 1 aliphatic carbocycles. The minimum atomic E-state index is 0.820. The Hall–Kier alpha value is -2.49. The van der Waals surface area contributed by atoms with Gasteiger partial charge in [-0.1, -0.05) is 38.5 Å². The molecule has 0 aromatic carbocycles. The van der Waals surface area contributed by atoms with Gasteiger partial charge in [0.1, 0.15) is 11.5 Å². The molecule has 28 heavy (non-hydrogen) atoms. The number of allylic oxidation sites excluding steroid dienone is 1. The normalized spacial score (nSPS) is 20.1. The van der Waals surface area contributed by atoms with Gasteiger partial charge in [0.25, 0.3) is 0 Å². The van der Waals surface area contributed by atoms with E-state index in [4.69, 9.17) is 9.73 Å². The van der Waals surface area contributed by atoms with Crippen LogP contribution < -0.4 is 0 Å². The molecule has 0 atom stereocenters. The Morgan fingerprint density at radius 2 is 1.75 bits per heavy atom. The number of aliphatic imine (C=N–C) groups is 1. The molecule has 0 radical (unpaired) electrons. The van der Waals surface area contributed by atoms with E-state index >= 15 is 0 Å². The number of ether oxygens (including phenoxy) is 1. The monoisotopic (exact) mass is 377 g/mol. The zero-order valence-electron chi connectivity index (χ0n) is 16.9. The number of rotatable bonds is 3. The summed E-state index contributed by atoms with van der Waals surface area (Å²) in [5.74, 6) is 0.820. The molecule has 0 unspecified atom stereocenters. The summed E-state index contributed by atoms with van der Waals surface area (Å²) in [6.07, 6.45) is 19.1. The Morgan fingerprint density at radius 1 is 1.00 bits per heavy atom. The summed E-state index contributed by atoms with van der Waals surface area (Å²) < 4.78 is 5.61. The highest BCUT2D eigenvalue weighted by Crippen LogP contribution is 2.27. The number of fused-ring (bicyclic) bond motifs is 2. The number of nitrogens with zero attached hydrogens (tertiary/aromatic N) is 1. The summed E-state index contributed by atoms with van der Waals surface area (Å²) in [5, 5.41) is 0. The Balaban J connectivity index is 1.60. The maximum atomic E-state index is 5.61. The molecule has 2 N–H and O–H groups in total. The first-order valence-corrected chi connectivity index (χ1v) is 10.7. The molecule has 0 fully saturated rings. The van der Waals surface area contributed by atoms with E-state index in [0.717, 1.165) is 35.7 Å². The Kier molecular flexibility index (Phi) is 6.15. The van der Waals surface area contributed by atoms with E-state index in [1.165, 1.54) is 68.3 Å². The van der Waals surface area contributed by atoms with E-state index in [1.807, 2.05) is 24.4 Å². The highest BCUT2D eigenvalue weighted by atomic mass is 16.5. The van der Waals surface area contributed by atoms with E-state index in [-0.39, 0.29) is 0 Å². The average molecular weight is 378 g/mol. The Morgan fingerprint density at radius 3 is 2.46 bits per heavy atom. The van der Waals surface area contributed by atoms with Gasteiger partial charge < -0.3 is 14.7 Å². The van der Waals surface area contributed by atoms with Crippen molar-refractivity contribution in [3.63, 3.8) is 0 Å². The van der Waals surface area contributed by atoms with Crippen LogP contribution in [0.25, 0.3) is 6.08 Å². The summed E-state index contributed by atoms with van der Waals surface area (Å²) in [4.78, 5) is 11.7. The SMILES string of the molecule is COC1=CC(c2ccc[nH]2)=NC1=Cc1[nH]c2cc1CCCCCCCCCC2. The van der Waals surface area contributed by atoms with E-state index in [2.05, 4.69) is 22.1 Å². The van der Waals surface area contributed by atoms with Crippen LogP contribution >= 0.6 is 0 Å². The first-order chi connectivity index (χ1) is 13.8. The Bertz CT molecular complexity index is 868. The van der Waals surface area contributed by atoms with Gasteiger partial charge in [0.15, 0.2) is 0 Å². The Labute approximate surface area is 167 Å². The van der Waals surface area contributed by atoms with Crippen LogP contribution in [0, 0.1) is 0 Å². The van der Waals surface area contributed by atoms with Crippen LogP contribution in [0.3, 0.4) is 0 Å². The number of hydrogen-bond acceptors (Lipinski definition) is 2. The van der Waals surface area contributed by atoms with Gasteiger partial charge in [-0.15, -0.1) is 0 Å². The smallest absolute Gasteiger partial charge is 0.146 e. The second kappa shape index (κ2) is 9.13. The van der Waals surface area contributed by atoms with Crippen LogP contribution in [0.5, 0.6) is 0 Å². The summed E-state index contributed by atoms with van der Waals surface area (Å²) >= 11 is 0. The quantitative estimate of drug-likeness (QED) is 0.684. The lowest BCUT2D eigenvalue weighted by Crippen LogP contribution is -1.93. The number of hydrogen-bond donors (Lipinski definition) is 2. The van der Waals surface area contributed by atoms with Gasteiger partial charge in [0, 0.05) is 23.7 Å². The molecule has 2 aliphatic rings. The zero-order valence-corrected chi connectivity index (χ0v) is 16.9. The van der Waals surface area contributed by atoms with Gasteiger partial charge in [-0.25, -0.2) is 4.99 Å². The van der Waals surface area contributed by atoms with Crippen LogP contribution in [0.4, 0.5) is 0 Å². The van der Waals surface area contributed by atoms with Gasteiger partial charge in [0.05, 0.1) is 18.5 Å². The van der Waals surface area contributed by atoms with Gasteiger partial charge in [0.2, 0.25) is 0 Å². The van der Waals surface area contributed by atoms with Crippen LogP contribution in [0.2, 0.25) is 0 Å². The number of methoxy groups -OCH3 is 1. The fourth-order valence-corrected chi connectivity index (χ4v) is 4.19. The van der Waals surface area contributed by atoms with Crippen molar-refractivity contribution in [2.24, 2.45) is 4.99 Å². The summed E-state index contributed by atoms with van der Waals surface area (Å²) in [6.45, 7) is 0. The number of nitrogens with one attached hydrogen (secondary N) is 2. The van der Waals surface area contributed by atoms with E-state index in [0.29, 0.717) is 0 Å². The number of aromatic amines is 2. The molecule has 2 aromatic rings. The molecule has 4 heteroatoms. The van der Waals surface area contributed by atoms with Crippen molar-refractivity contribution in [3.8, 4) is 0 Å². The molecule has 0 saturated heterocycles. The third-order valence-electron chi connectivity index (χ3n) is 5.77. The zero-order chi connectivity index (χ0) is 19.2. The molecule has 4 nitrogen and oxygen atoms in total. The number of H-pyrrole nitrogens is 2. The van der Waals surface area contributed by atoms with Gasteiger partial charge >= 0.3 is 0 Å². The third kappa shape index (κ3) is 4.49. The van der Waals surface area contributed by atoms with Crippen LogP contribution in [0.1, 0.15) is 74.0 Å². The molecule has 4 rings (SSSR count). The van der Waals surface area contributed by atoms with Crippen molar-refractivity contribution in [1.29, 1.82) is 0 Å². The van der Waals surface area contributed by atoms with E-state index in [1.54, 1.807) is 7.11 Å². The van der Waals surface area contributed by atoms with Gasteiger partial charge in [-0.2, -0.15) is 0 Å². The summed E-state index contributed by atoms with van der Waals surface area (Å²) in [5.41, 5.74) is 6.80. The molecule has 0 spiro atoms. The number of aryl methyl sites for hydroxylation is 2. The molecular formula is C24H31N3O. The molecule has 0 saturated carbocycles. The lowest BCUT2D eigenvalue weighted by Gasteiger charge is -2.05. The average Bonchev–Trinajstić information content (AvgIpc) is 3.43. The molecule has 148 valence electrons. The van der Waals surface area contributed by atoms with Crippen molar-refractivity contribution in [3.05, 3.63) is 64.6 Å². The standard InChI is InChI=1S/C24H31N3O/c1-28-24-17-22(20-13-10-14-25-20)27-23(24)16-21-18-11-8-6-4-2-3-5-7-9-12-19(15-18)26-21/h10,13-17,25-26H,2-9,11-12H2,1H3. The fraction of sp³-hybridized carbons (Fsp3) is 0.458. The molecule has 1 aliphatic heterocycles. The second-order valence-corrected chi connectivity index (χ2v) is 7.89. The summed E-state index contributed by atoms with van der Waals surface area (Å²) in [7, 11) is 1.71. The fourth-order valence-electron chi connectivity index (χ4n) is 4.19. The second-order valence-electron chi connectivity index (χ2n) is 7.89. The van der Waals surface area contributed by atoms with Crippen molar-refractivity contribution >= 4 is 11.8 Å². The maximum Gasteiger partial charge on any atom is 0.146 e. The lowest BCUT2D eigenvalue weighted by molar-refractivity contribution is 0.303. The maximum absolute atomic E-state index is 5.61. The highest BCUT2D eigenvalue weighted by molar-refractivity contribution is 6.11. The minimum absolute atomic E-state index is 0.820. The topological polar surface area (TPSA) is 53.2 Å². The van der Waals surface area contributed by atoms with Crippen LogP contribution in [0.15, 0.2) is 46.9 Å². The largest absolute Gasteiger partial charge is 0.494 e. The summed E-state index contributed by atoms with van der Waals surface area (Å²) in [6, 6.07) is 6.41. The molecule has 3 heterocycles. The van der Waals surface area contributed by atoms with Crippen molar-refractivity contribution in [2.75, 3.05) is 7.11 Å². The van der Waals surface area contributed by atoms with Gasteiger partial charge in [-0.05, 0) is 55.5 Å². The predicted molar refractivity (Wildman–Crippen MR) is 116 cm³/mol. The molecule has 0 amide bonds.